The summed E-state index contributed by atoms with van der Waals surface area (Å²) in [5.74, 6) is 1.17. The van der Waals surface area contributed by atoms with Crippen LogP contribution < -0.4 is 14.9 Å². The number of fused-ring (bicyclic) bond motifs is 1. The minimum atomic E-state index is -0.375. The van der Waals surface area contributed by atoms with Crippen molar-refractivity contribution in [2.45, 2.75) is 26.4 Å². The molecule has 148 valence electrons. The number of hydrogen-bond donors (Lipinski definition) is 2. The van der Waals surface area contributed by atoms with Gasteiger partial charge in [-0.05, 0) is 32.0 Å². The van der Waals surface area contributed by atoms with Crippen LogP contribution in [-0.4, -0.2) is 35.0 Å². The van der Waals surface area contributed by atoms with Gasteiger partial charge in [0.05, 0.1) is 18.5 Å². The zero-order valence-corrected chi connectivity index (χ0v) is 16.3. The van der Waals surface area contributed by atoms with Gasteiger partial charge in [0.25, 0.3) is 5.91 Å². The SMILES string of the molecule is CCOc1cc2c(cc1/C=N\NC(=O)c1cc(-c3ccccc3)n[nH]1)O[C@@H](C)C2. The maximum Gasteiger partial charge on any atom is 0.289 e. The average molecular weight is 390 g/mol. The Labute approximate surface area is 168 Å². The molecule has 0 aliphatic carbocycles. The summed E-state index contributed by atoms with van der Waals surface area (Å²) in [5.41, 5.74) is 6.34. The number of aromatic amines is 1. The van der Waals surface area contributed by atoms with Crippen LogP contribution in [-0.2, 0) is 6.42 Å². The molecule has 3 aromatic rings. The summed E-state index contributed by atoms with van der Waals surface area (Å²) in [6, 6.07) is 15.2. The lowest BCUT2D eigenvalue weighted by atomic mass is 10.1. The molecule has 7 nitrogen and oxygen atoms in total. The van der Waals surface area contributed by atoms with E-state index in [0.29, 0.717) is 18.0 Å². The van der Waals surface area contributed by atoms with Crippen LogP contribution >= 0.6 is 0 Å². The number of ether oxygens (including phenoxy) is 2. The van der Waals surface area contributed by atoms with Crippen molar-refractivity contribution in [2.75, 3.05) is 6.61 Å². The monoisotopic (exact) mass is 390 g/mol. The normalized spacial score (nSPS) is 15.2. The van der Waals surface area contributed by atoms with Crippen LogP contribution in [0, 0.1) is 0 Å². The minimum absolute atomic E-state index is 0.144. The highest BCUT2D eigenvalue weighted by atomic mass is 16.5. The van der Waals surface area contributed by atoms with Crippen molar-refractivity contribution >= 4 is 12.1 Å². The second-order valence-electron chi connectivity index (χ2n) is 6.80. The topological polar surface area (TPSA) is 88.6 Å². The maximum absolute atomic E-state index is 12.4. The van der Waals surface area contributed by atoms with E-state index in [2.05, 4.69) is 20.7 Å². The molecule has 1 aromatic heterocycles. The van der Waals surface area contributed by atoms with Crippen LogP contribution in [0.3, 0.4) is 0 Å². The summed E-state index contributed by atoms with van der Waals surface area (Å²) in [4.78, 5) is 12.4. The van der Waals surface area contributed by atoms with Gasteiger partial charge in [-0.3, -0.25) is 9.89 Å². The fourth-order valence-electron chi connectivity index (χ4n) is 3.25. The van der Waals surface area contributed by atoms with Gasteiger partial charge in [0.15, 0.2) is 0 Å². The Balaban J connectivity index is 1.47. The molecule has 2 heterocycles. The first-order valence-corrected chi connectivity index (χ1v) is 9.54. The third kappa shape index (κ3) is 4.13. The Morgan fingerprint density at radius 2 is 2.17 bits per heavy atom. The van der Waals surface area contributed by atoms with Crippen molar-refractivity contribution in [3.8, 4) is 22.8 Å². The van der Waals surface area contributed by atoms with Crippen LogP contribution in [0.15, 0.2) is 53.6 Å². The van der Waals surface area contributed by atoms with E-state index in [4.69, 9.17) is 9.47 Å². The molecule has 0 radical (unpaired) electrons. The number of nitrogens with one attached hydrogen (secondary N) is 2. The average Bonchev–Trinajstić information content (AvgIpc) is 3.35. The summed E-state index contributed by atoms with van der Waals surface area (Å²) in [5, 5.41) is 11.0. The number of nitrogens with zero attached hydrogens (tertiary/aromatic N) is 2. The molecule has 0 bridgehead atoms. The highest BCUT2D eigenvalue weighted by molar-refractivity contribution is 5.94. The Kier molecular flexibility index (Phi) is 5.29. The standard InChI is InChI=1S/C22H22N4O3/c1-3-28-20-10-16-9-14(2)29-21(16)11-17(20)13-23-26-22(27)19-12-18(24-25-19)15-7-5-4-6-8-15/h4-8,10-14H,3,9H2,1-2H3,(H,24,25)(H,26,27)/b23-13-/t14-/m0/s1. The molecular weight excluding hydrogens is 368 g/mol. The van der Waals surface area contributed by atoms with Gasteiger partial charge in [-0.25, -0.2) is 5.43 Å². The van der Waals surface area contributed by atoms with Crippen LogP contribution in [0.5, 0.6) is 11.5 Å². The molecule has 1 aliphatic rings. The van der Waals surface area contributed by atoms with Crippen molar-refractivity contribution in [2.24, 2.45) is 5.10 Å². The van der Waals surface area contributed by atoms with E-state index >= 15 is 0 Å². The second-order valence-corrected chi connectivity index (χ2v) is 6.80. The number of benzene rings is 2. The zero-order chi connectivity index (χ0) is 20.2. The van der Waals surface area contributed by atoms with E-state index in [1.54, 1.807) is 12.3 Å². The molecule has 1 aliphatic heterocycles. The highest BCUT2D eigenvalue weighted by Gasteiger charge is 2.21. The molecule has 0 unspecified atom stereocenters. The lowest BCUT2D eigenvalue weighted by Crippen LogP contribution is -2.18. The highest BCUT2D eigenvalue weighted by Crippen LogP contribution is 2.34. The molecule has 7 heteroatoms. The molecule has 2 N–H and O–H groups in total. The number of aromatic nitrogens is 2. The third-order valence-corrected chi connectivity index (χ3v) is 4.59. The fraction of sp³-hybridized carbons (Fsp3) is 0.227. The summed E-state index contributed by atoms with van der Waals surface area (Å²) < 4.78 is 11.5. The van der Waals surface area contributed by atoms with E-state index < -0.39 is 0 Å². The van der Waals surface area contributed by atoms with Gasteiger partial charge in [0.2, 0.25) is 0 Å². The smallest absolute Gasteiger partial charge is 0.289 e. The summed E-state index contributed by atoms with van der Waals surface area (Å²) in [7, 11) is 0. The van der Waals surface area contributed by atoms with Gasteiger partial charge >= 0.3 is 0 Å². The lowest BCUT2D eigenvalue weighted by molar-refractivity contribution is 0.0950. The van der Waals surface area contributed by atoms with Crippen LogP contribution in [0.2, 0.25) is 0 Å². The first-order chi connectivity index (χ1) is 14.1. The van der Waals surface area contributed by atoms with E-state index in [9.17, 15) is 4.79 Å². The fourth-order valence-corrected chi connectivity index (χ4v) is 3.25. The summed E-state index contributed by atoms with van der Waals surface area (Å²) in [6.45, 7) is 4.50. The second kappa shape index (κ2) is 8.18. The first kappa shape index (κ1) is 18.7. The molecule has 0 saturated carbocycles. The van der Waals surface area contributed by atoms with Crippen molar-refractivity contribution in [1.29, 1.82) is 0 Å². The maximum atomic E-state index is 12.4. The van der Waals surface area contributed by atoms with Crippen molar-refractivity contribution in [3.63, 3.8) is 0 Å². The summed E-state index contributed by atoms with van der Waals surface area (Å²) in [6.07, 6.45) is 2.56. The molecule has 0 saturated heterocycles. The zero-order valence-electron chi connectivity index (χ0n) is 16.3. The van der Waals surface area contributed by atoms with E-state index in [0.717, 1.165) is 34.6 Å². The van der Waals surface area contributed by atoms with E-state index in [1.807, 2.05) is 56.3 Å². The lowest BCUT2D eigenvalue weighted by Gasteiger charge is -2.09. The number of amides is 1. The Hall–Kier alpha value is -3.61. The van der Waals surface area contributed by atoms with Crippen molar-refractivity contribution in [1.82, 2.24) is 15.6 Å². The van der Waals surface area contributed by atoms with E-state index in [1.165, 1.54) is 0 Å². The van der Waals surface area contributed by atoms with Gasteiger partial charge < -0.3 is 9.47 Å². The number of carbonyl (C=O) groups is 1. The predicted molar refractivity (Wildman–Crippen MR) is 110 cm³/mol. The Morgan fingerprint density at radius 1 is 1.34 bits per heavy atom. The van der Waals surface area contributed by atoms with Gasteiger partial charge in [0.1, 0.15) is 23.3 Å². The Bertz CT molecular complexity index is 1040. The molecule has 1 amide bonds. The largest absolute Gasteiger partial charge is 0.493 e. The third-order valence-electron chi connectivity index (χ3n) is 4.59. The number of hydrogen-bond acceptors (Lipinski definition) is 5. The molecule has 29 heavy (non-hydrogen) atoms. The molecule has 1 atom stereocenters. The quantitative estimate of drug-likeness (QED) is 0.498. The van der Waals surface area contributed by atoms with Crippen LogP contribution in [0.4, 0.5) is 0 Å². The van der Waals surface area contributed by atoms with Crippen molar-refractivity contribution < 1.29 is 14.3 Å². The number of H-pyrrole nitrogens is 1. The predicted octanol–water partition coefficient (Wildman–Crippen LogP) is 3.56. The number of hydrazone groups is 1. The Morgan fingerprint density at radius 3 is 2.97 bits per heavy atom. The molecule has 2 aromatic carbocycles. The molecule has 0 fully saturated rings. The number of rotatable bonds is 6. The van der Waals surface area contributed by atoms with Gasteiger partial charge in [-0.15, -0.1) is 0 Å². The van der Waals surface area contributed by atoms with Gasteiger partial charge in [-0.2, -0.15) is 10.2 Å². The molecular formula is C22H22N4O3. The minimum Gasteiger partial charge on any atom is -0.493 e. The molecule has 4 rings (SSSR count). The van der Waals surface area contributed by atoms with E-state index in [-0.39, 0.29) is 12.0 Å². The summed E-state index contributed by atoms with van der Waals surface area (Å²) >= 11 is 0. The van der Waals surface area contributed by atoms with Crippen LogP contribution in [0.1, 0.15) is 35.5 Å². The first-order valence-electron chi connectivity index (χ1n) is 9.54. The number of carbonyl (C=O) groups excluding carboxylic acids is 1. The molecule has 0 spiro atoms. The van der Waals surface area contributed by atoms with Crippen molar-refractivity contribution in [3.05, 3.63) is 65.4 Å². The van der Waals surface area contributed by atoms with Gasteiger partial charge in [0, 0.05) is 23.1 Å². The van der Waals surface area contributed by atoms with Crippen LogP contribution in [0.25, 0.3) is 11.3 Å². The van der Waals surface area contributed by atoms with Gasteiger partial charge in [-0.1, -0.05) is 30.3 Å².